The van der Waals surface area contributed by atoms with Crippen LogP contribution in [0.5, 0.6) is 0 Å². The number of pyridine rings is 2. The number of ether oxygens (including phenoxy) is 2. The lowest BCUT2D eigenvalue weighted by Gasteiger charge is -2.22. The van der Waals surface area contributed by atoms with E-state index in [1.54, 1.807) is 50.7 Å². The fourth-order valence-electron chi connectivity index (χ4n) is 3.17. The van der Waals surface area contributed by atoms with Crippen LogP contribution in [0, 0.1) is 5.82 Å². The van der Waals surface area contributed by atoms with E-state index in [1.165, 1.54) is 21.6 Å². The summed E-state index contributed by atoms with van der Waals surface area (Å²) in [5, 5.41) is 0.668. The molecule has 0 aliphatic rings. The molecule has 0 aliphatic carbocycles. The number of aromatic nitrogens is 2. The smallest absolute Gasteiger partial charge is 0.265 e. The van der Waals surface area contributed by atoms with E-state index in [1.807, 2.05) is 0 Å². The molecule has 30 heavy (non-hydrogen) atoms. The van der Waals surface area contributed by atoms with E-state index in [9.17, 15) is 14.0 Å². The summed E-state index contributed by atoms with van der Waals surface area (Å²) in [6.45, 7) is 1.52. The average Bonchev–Trinajstić information content (AvgIpc) is 2.76. The van der Waals surface area contributed by atoms with Gasteiger partial charge in [-0.1, -0.05) is 12.1 Å². The molecule has 3 rings (SSSR count). The zero-order valence-electron chi connectivity index (χ0n) is 17.0. The Kier molecular flexibility index (Phi) is 7.26. The number of carbonyl (C=O) groups is 1. The quantitative estimate of drug-likeness (QED) is 0.538. The van der Waals surface area contributed by atoms with Crippen molar-refractivity contribution in [3.05, 3.63) is 76.0 Å². The van der Waals surface area contributed by atoms with Crippen LogP contribution in [0.1, 0.15) is 15.9 Å². The van der Waals surface area contributed by atoms with Crippen LogP contribution in [0.2, 0.25) is 0 Å². The second-order valence-corrected chi connectivity index (χ2v) is 6.77. The van der Waals surface area contributed by atoms with Crippen molar-refractivity contribution in [3.8, 4) is 0 Å². The van der Waals surface area contributed by atoms with Gasteiger partial charge in [-0.15, -0.1) is 0 Å². The highest BCUT2D eigenvalue weighted by atomic mass is 19.1. The zero-order chi connectivity index (χ0) is 21.5. The molecule has 0 atom stereocenters. The Morgan fingerprint density at radius 2 is 1.77 bits per heavy atom. The van der Waals surface area contributed by atoms with Crippen LogP contribution in [-0.4, -0.2) is 60.9 Å². The van der Waals surface area contributed by atoms with E-state index >= 15 is 0 Å². The summed E-state index contributed by atoms with van der Waals surface area (Å²) >= 11 is 0. The van der Waals surface area contributed by atoms with Gasteiger partial charge in [0.25, 0.3) is 11.5 Å². The fourth-order valence-corrected chi connectivity index (χ4v) is 3.17. The number of benzene rings is 1. The summed E-state index contributed by atoms with van der Waals surface area (Å²) in [7, 11) is 3.10. The second kappa shape index (κ2) is 10.1. The van der Waals surface area contributed by atoms with Crippen LogP contribution in [0.3, 0.4) is 0 Å². The van der Waals surface area contributed by atoms with Crippen molar-refractivity contribution in [2.24, 2.45) is 0 Å². The van der Waals surface area contributed by atoms with E-state index < -0.39 is 11.5 Å². The first-order valence-corrected chi connectivity index (χ1v) is 9.55. The van der Waals surface area contributed by atoms with Gasteiger partial charge in [0.2, 0.25) is 0 Å². The van der Waals surface area contributed by atoms with Crippen molar-refractivity contribution in [1.29, 1.82) is 0 Å². The van der Waals surface area contributed by atoms with Crippen LogP contribution in [0.25, 0.3) is 11.0 Å². The molecule has 8 heteroatoms. The molecule has 2 aromatic heterocycles. The Bertz CT molecular complexity index is 1060. The number of hydrogen-bond donors (Lipinski definition) is 0. The van der Waals surface area contributed by atoms with Crippen LogP contribution in [-0.2, 0) is 16.0 Å². The Labute approximate surface area is 173 Å². The van der Waals surface area contributed by atoms with E-state index in [0.717, 1.165) is 5.56 Å². The van der Waals surface area contributed by atoms with Gasteiger partial charge in [-0.3, -0.25) is 14.2 Å². The first kappa shape index (κ1) is 21.6. The number of fused-ring (bicyclic) bond motifs is 1. The molecule has 0 radical (unpaired) electrons. The Hall–Kier alpha value is -3.10. The maximum absolute atomic E-state index is 13.3. The molecule has 0 unspecified atom stereocenters. The van der Waals surface area contributed by atoms with Crippen molar-refractivity contribution >= 4 is 16.9 Å². The van der Waals surface area contributed by atoms with Crippen LogP contribution in [0.4, 0.5) is 4.39 Å². The summed E-state index contributed by atoms with van der Waals surface area (Å²) < 4.78 is 24.9. The SMILES string of the molecule is COCCN(CCOC)C(=O)c1cc2cccnc2n(Cc2ccc(F)cc2)c1=O. The number of rotatable bonds is 9. The van der Waals surface area contributed by atoms with Crippen LogP contribution >= 0.6 is 0 Å². The zero-order valence-corrected chi connectivity index (χ0v) is 17.0. The lowest BCUT2D eigenvalue weighted by molar-refractivity contribution is 0.0625. The predicted octanol–water partition coefficient (Wildman–Crippen LogP) is 2.32. The highest BCUT2D eigenvalue weighted by Gasteiger charge is 2.21. The van der Waals surface area contributed by atoms with Gasteiger partial charge in [0.05, 0.1) is 19.8 Å². The van der Waals surface area contributed by atoms with Crippen molar-refractivity contribution in [2.45, 2.75) is 6.54 Å². The third-order valence-electron chi connectivity index (χ3n) is 4.75. The molecule has 7 nitrogen and oxygen atoms in total. The molecular weight excluding hydrogens is 389 g/mol. The monoisotopic (exact) mass is 413 g/mol. The molecule has 0 N–H and O–H groups in total. The minimum absolute atomic E-state index is 0.0461. The van der Waals surface area contributed by atoms with Crippen molar-refractivity contribution in [2.75, 3.05) is 40.5 Å². The topological polar surface area (TPSA) is 73.7 Å². The molecule has 158 valence electrons. The van der Waals surface area contributed by atoms with E-state index in [4.69, 9.17) is 9.47 Å². The van der Waals surface area contributed by atoms with Crippen LogP contribution < -0.4 is 5.56 Å². The number of hydrogen-bond acceptors (Lipinski definition) is 5. The summed E-state index contributed by atoms with van der Waals surface area (Å²) in [4.78, 5) is 32.3. The standard InChI is InChI=1S/C22H24FN3O4/c1-29-12-10-25(11-13-30-2)21(27)19-14-17-4-3-9-24-20(17)26(22(19)28)15-16-5-7-18(23)8-6-16/h3-9,14H,10-13,15H2,1-2H3. The molecular formula is C22H24FN3O4. The average molecular weight is 413 g/mol. The third kappa shape index (κ3) is 4.90. The van der Waals surface area contributed by atoms with E-state index in [0.29, 0.717) is 37.3 Å². The predicted molar refractivity (Wildman–Crippen MR) is 111 cm³/mol. The fraction of sp³-hybridized carbons (Fsp3) is 0.318. The first-order valence-electron chi connectivity index (χ1n) is 9.55. The number of nitrogens with zero attached hydrogens (tertiary/aromatic N) is 3. The first-order chi connectivity index (χ1) is 14.5. The highest BCUT2D eigenvalue weighted by Crippen LogP contribution is 2.14. The summed E-state index contributed by atoms with van der Waals surface area (Å²) in [5.74, 6) is -0.752. The molecule has 0 fully saturated rings. The van der Waals surface area contributed by atoms with Gasteiger partial charge < -0.3 is 14.4 Å². The van der Waals surface area contributed by atoms with Gasteiger partial charge in [-0.05, 0) is 35.9 Å². The maximum Gasteiger partial charge on any atom is 0.265 e. The number of halogens is 1. The third-order valence-corrected chi connectivity index (χ3v) is 4.75. The normalized spacial score (nSPS) is 11.0. The van der Waals surface area contributed by atoms with Gasteiger partial charge in [-0.25, -0.2) is 9.37 Å². The Balaban J connectivity index is 2.06. The molecule has 0 saturated heterocycles. The summed E-state index contributed by atoms with van der Waals surface area (Å²) in [5.41, 5.74) is 0.787. The molecule has 0 bridgehead atoms. The summed E-state index contributed by atoms with van der Waals surface area (Å²) in [6.07, 6.45) is 1.59. The lowest BCUT2D eigenvalue weighted by Crippen LogP contribution is -2.40. The number of carbonyl (C=O) groups excluding carboxylic acids is 1. The summed E-state index contributed by atoms with van der Waals surface area (Å²) in [6, 6.07) is 11.0. The number of amides is 1. The Morgan fingerprint density at radius 3 is 2.40 bits per heavy atom. The van der Waals surface area contributed by atoms with E-state index in [2.05, 4.69) is 4.98 Å². The molecule has 0 spiro atoms. The minimum atomic E-state index is -0.449. The Morgan fingerprint density at radius 1 is 1.10 bits per heavy atom. The molecule has 3 aromatic rings. The second-order valence-electron chi connectivity index (χ2n) is 6.77. The number of methoxy groups -OCH3 is 2. The molecule has 0 aliphatic heterocycles. The van der Waals surface area contributed by atoms with Gasteiger partial charge in [0, 0.05) is 38.9 Å². The molecule has 1 aromatic carbocycles. The maximum atomic E-state index is 13.3. The van der Waals surface area contributed by atoms with Gasteiger partial charge in [0.15, 0.2) is 0 Å². The van der Waals surface area contributed by atoms with Gasteiger partial charge in [0.1, 0.15) is 17.0 Å². The minimum Gasteiger partial charge on any atom is -0.383 e. The lowest BCUT2D eigenvalue weighted by atomic mass is 10.1. The van der Waals surface area contributed by atoms with Crippen molar-refractivity contribution < 1.29 is 18.7 Å². The highest BCUT2D eigenvalue weighted by molar-refractivity contribution is 5.97. The van der Waals surface area contributed by atoms with Gasteiger partial charge >= 0.3 is 0 Å². The van der Waals surface area contributed by atoms with Crippen molar-refractivity contribution in [1.82, 2.24) is 14.5 Å². The van der Waals surface area contributed by atoms with Gasteiger partial charge in [-0.2, -0.15) is 0 Å². The van der Waals surface area contributed by atoms with E-state index in [-0.39, 0.29) is 17.9 Å². The largest absolute Gasteiger partial charge is 0.383 e. The molecule has 2 heterocycles. The van der Waals surface area contributed by atoms with Crippen LogP contribution in [0.15, 0.2) is 53.5 Å². The molecule has 1 amide bonds. The van der Waals surface area contributed by atoms with Crippen molar-refractivity contribution in [3.63, 3.8) is 0 Å². The molecule has 0 saturated carbocycles.